The van der Waals surface area contributed by atoms with Crippen LogP contribution in [0.3, 0.4) is 0 Å². The topological polar surface area (TPSA) is 78.3 Å². The zero-order valence-electron chi connectivity index (χ0n) is 17.7. The second-order valence-electron chi connectivity index (χ2n) is 6.65. The minimum absolute atomic E-state index is 0.125. The summed E-state index contributed by atoms with van der Waals surface area (Å²) in [6, 6.07) is 15.1. The van der Waals surface area contributed by atoms with Gasteiger partial charge in [-0.3, -0.25) is 9.36 Å². The molecule has 1 N–H and O–H groups in total. The van der Waals surface area contributed by atoms with Crippen molar-refractivity contribution in [2.75, 3.05) is 17.7 Å². The van der Waals surface area contributed by atoms with Crippen LogP contribution in [0.15, 0.2) is 66.3 Å². The van der Waals surface area contributed by atoms with Gasteiger partial charge >= 0.3 is 0 Å². The summed E-state index contributed by atoms with van der Waals surface area (Å²) in [4.78, 5) is 12.4. The first-order chi connectivity index (χ1) is 15.1. The summed E-state index contributed by atoms with van der Waals surface area (Å²) in [5, 5.41) is 12.0. The molecule has 0 saturated carbocycles. The third-order valence-electron chi connectivity index (χ3n) is 4.34. The number of hydrogen-bond donors (Lipinski definition) is 1. The molecular weight excluding hydrogens is 412 g/mol. The molecule has 7 nitrogen and oxygen atoms in total. The first-order valence-corrected chi connectivity index (χ1v) is 11.0. The number of hydrogen-bond acceptors (Lipinski definition) is 6. The van der Waals surface area contributed by atoms with Crippen LogP contribution in [-0.2, 0) is 17.9 Å². The lowest BCUT2D eigenvalue weighted by molar-refractivity contribution is -0.113. The number of allylic oxidation sites excluding steroid dienone is 1. The predicted molar refractivity (Wildman–Crippen MR) is 123 cm³/mol. The highest BCUT2D eigenvalue weighted by Crippen LogP contribution is 2.21. The van der Waals surface area contributed by atoms with Gasteiger partial charge in [-0.25, -0.2) is 0 Å². The minimum Gasteiger partial charge on any atom is -0.494 e. The van der Waals surface area contributed by atoms with Crippen molar-refractivity contribution in [2.45, 2.75) is 32.2 Å². The number of amides is 1. The van der Waals surface area contributed by atoms with E-state index in [9.17, 15) is 4.79 Å². The molecule has 3 rings (SSSR count). The summed E-state index contributed by atoms with van der Waals surface area (Å²) in [5.41, 5.74) is 1.77. The largest absolute Gasteiger partial charge is 0.494 e. The smallest absolute Gasteiger partial charge is 0.234 e. The molecular formula is C23H26N4O3S. The quantitative estimate of drug-likeness (QED) is 0.351. The van der Waals surface area contributed by atoms with Crippen molar-refractivity contribution in [2.24, 2.45) is 0 Å². The Labute approximate surface area is 186 Å². The second-order valence-corrected chi connectivity index (χ2v) is 7.59. The molecule has 162 valence electrons. The van der Waals surface area contributed by atoms with E-state index in [0.717, 1.165) is 17.1 Å². The number of aryl methyl sites for hydroxylation is 1. The van der Waals surface area contributed by atoms with Crippen LogP contribution in [0.2, 0.25) is 0 Å². The SMILES string of the molecule is C=CCn1c(COc2ccccc2C)nnc1SCC(=O)Nc1ccc(OCC)cc1. The van der Waals surface area contributed by atoms with Crippen molar-refractivity contribution in [3.05, 3.63) is 72.6 Å². The first kappa shape index (κ1) is 22.4. The number of aromatic nitrogens is 3. The number of carbonyl (C=O) groups excluding carboxylic acids is 1. The van der Waals surface area contributed by atoms with E-state index in [1.54, 1.807) is 6.08 Å². The maximum absolute atomic E-state index is 12.4. The van der Waals surface area contributed by atoms with Crippen LogP contribution in [0.5, 0.6) is 11.5 Å². The normalized spacial score (nSPS) is 10.5. The van der Waals surface area contributed by atoms with E-state index in [0.29, 0.717) is 29.8 Å². The van der Waals surface area contributed by atoms with Crippen LogP contribution >= 0.6 is 11.8 Å². The Balaban J connectivity index is 1.58. The fourth-order valence-electron chi connectivity index (χ4n) is 2.83. The van der Waals surface area contributed by atoms with Crippen molar-refractivity contribution in [1.29, 1.82) is 0 Å². The van der Waals surface area contributed by atoms with E-state index in [-0.39, 0.29) is 18.3 Å². The number of benzene rings is 2. The van der Waals surface area contributed by atoms with Gasteiger partial charge in [-0.1, -0.05) is 36.0 Å². The molecule has 1 aromatic heterocycles. The Morgan fingerprint density at radius 3 is 2.65 bits per heavy atom. The summed E-state index contributed by atoms with van der Waals surface area (Å²) in [5.74, 6) is 2.34. The van der Waals surface area contributed by atoms with E-state index < -0.39 is 0 Å². The van der Waals surface area contributed by atoms with Gasteiger partial charge in [-0.15, -0.1) is 16.8 Å². The molecule has 0 aliphatic carbocycles. The van der Waals surface area contributed by atoms with Crippen molar-refractivity contribution in [1.82, 2.24) is 14.8 Å². The number of para-hydroxylation sites is 1. The van der Waals surface area contributed by atoms with Crippen LogP contribution in [0.4, 0.5) is 5.69 Å². The molecule has 0 spiro atoms. The molecule has 0 radical (unpaired) electrons. The molecule has 31 heavy (non-hydrogen) atoms. The number of carbonyl (C=O) groups is 1. The van der Waals surface area contributed by atoms with Crippen molar-refractivity contribution < 1.29 is 14.3 Å². The number of rotatable bonds is 11. The molecule has 0 aliphatic rings. The maximum Gasteiger partial charge on any atom is 0.234 e. The number of thioether (sulfide) groups is 1. The lowest BCUT2D eigenvalue weighted by Crippen LogP contribution is -2.15. The molecule has 0 atom stereocenters. The van der Waals surface area contributed by atoms with Gasteiger partial charge in [0.25, 0.3) is 0 Å². The van der Waals surface area contributed by atoms with Gasteiger partial charge in [-0.05, 0) is 49.7 Å². The fourth-order valence-corrected chi connectivity index (χ4v) is 3.60. The molecule has 8 heteroatoms. The van der Waals surface area contributed by atoms with E-state index in [1.165, 1.54) is 11.8 Å². The Morgan fingerprint density at radius 2 is 1.94 bits per heavy atom. The second kappa shape index (κ2) is 11.2. The van der Waals surface area contributed by atoms with Crippen molar-refractivity contribution in [3.63, 3.8) is 0 Å². The number of ether oxygens (including phenoxy) is 2. The fraction of sp³-hybridized carbons (Fsp3) is 0.261. The van der Waals surface area contributed by atoms with E-state index >= 15 is 0 Å². The molecule has 2 aromatic carbocycles. The first-order valence-electron chi connectivity index (χ1n) is 9.97. The van der Waals surface area contributed by atoms with Crippen LogP contribution in [0.1, 0.15) is 18.3 Å². The van der Waals surface area contributed by atoms with Gasteiger partial charge in [0, 0.05) is 12.2 Å². The molecule has 0 saturated heterocycles. The van der Waals surface area contributed by atoms with E-state index in [2.05, 4.69) is 22.1 Å². The highest BCUT2D eigenvalue weighted by molar-refractivity contribution is 7.99. The Hall–Kier alpha value is -3.26. The van der Waals surface area contributed by atoms with Crippen LogP contribution in [-0.4, -0.2) is 33.0 Å². The molecule has 3 aromatic rings. The third kappa shape index (κ3) is 6.36. The summed E-state index contributed by atoms with van der Waals surface area (Å²) >= 11 is 1.32. The molecule has 1 amide bonds. The number of anilines is 1. The van der Waals surface area contributed by atoms with E-state index in [4.69, 9.17) is 9.47 Å². The van der Waals surface area contributed by atoms with Gasteiger partial charge in [-0.2, -0.15) is 0 Å². The van der Waals surface area contributed by atoms with Crippen molar-refractivity contribution >= 4 is 23.4 Å². The Kier molecular flexibility index (Phi) is 8.12. The average Bonchev–Trinajstić information content (AvgIpc) is 3.15. The maximum atomic E-state index is 12.4. The van der Waals surface area contributed by atoms with Gasteiger partial charge < -0.3 is 14.8 Å². The van der Waals surface area contributed by atoms with E-state index in [1.807, 2.05) is 66.9 Å². The lowest BCUT2D eigenvalue weighted by atomic mass is 10.2. The van der Waals surface area contributed by atoms with Crippen LogP contribution in [0.25, 0.3) is 0 Å². The summed E-state index contributed by atoms with van der Waals surface area (Å²) in [7, 11) is 0. The summed E-state index contributed by atoms with van der Waals surface area (Å²) in [6.45, 7) is 9.14. The molecule has 0 bridgehead atoms. The minimum atomic E-state index is -0.125. The summed E-state index contributed by atoms with van der Waals surface area (Å²) < 4.78 is 13.2. The molecule has 0 unspecified atom stereocenters. The highest BCUT2D eigenvalue weighted by Gasteiger charge is 2.14. The van der Waals surface area contributed by atoms with Gasteiger partial charge in [0.1, 0.15) is 18.1 Å². The monoisotopic (exact) mass is 438 g/mol. The standard InChI is InChI=1S/C23H26N4O3S/c1-4-14-27-21(15-30-20-9-7-6-8-17(20)3)25-26-23(27)31-16-22(28)24-18-10-12-19(13-11-18)29-5-2/h4,6-13H,1,5,14-16H2,2-3H3,(H,24,28). The number of nitrogens with zero attached hydrogens (tertiary/aromatic N) is 3. The molecule has 0 fully saturated rings. The van der Waals surface area contributed by atoms with Crippen LogP contribution in [0, 0.1) is 6.92 Å². The highest BCUT2D eigenvalue weighted by atomic mass is 32.2. The zero-order chi connectivity index (χ0) is 22.1. The summed E-state index contributed by atoms with van der Waals surface area (Å²) in [6.07, 6.45) is 1.77. The molecule has 1 heterocycles. The Bertz CT molecular complexity index is 1020. The van der Waals surface area contributed by atoms with Gasteiger partial charge in [0.05, 0.1) is 12.4 Å². The zero-order valence-corrected chi connectivity index (χ0v) is 18.5. The number of nitrogens with one attached hydrogen (secondary N) is 1. The Morgan fingerprint density at radius 1 is 1.16 bits per heavy atom. The predicted octanol–water partition coefficient (Wildman–Crippen LogP) is 4.48. The third-order valence-corrected chi connectivity index (χ3v) is 5.30. The van der Waals surface area contributed by atoms with Gasteiger partial charge in [0.2, 0.25) is 5.91 Å². The molecule has 0 aliphatic heterocycles. The van der Waals surface area contributed by atoms with Crippen molar-refractivity contribution in [3.8, 4) is 11.5 Å². The lowest BCUT2D eigenvalue weighted by Gasteiger charge is -2.10. The van der Waals surface area contributed by atoms with Gasteiger partial charge in [0.15, 0.2) is 11.0 Å². The van der Waals surface area contributed by atoms with Crippen LogP contribution < -0.4 is 14.8 Å². The average molecular weight is 439 g/mol.